The molecule has 0 saturated carbocycles. The maximum Gasteiger partial charge on any atom is 0.119 e. The van der Waals surface area contributed by atoms with Crippen molar-refractivity contribution in [2.75, 3.05) is 6.61 Å². The van der Waals surface area contributed by atoms with Crippen molar-refractivity contribution in [2.24, 2.45) is 5.92 Å². The highest BCUT2D eigenvalue weighted by molar-refractivity contribution is 5.65. The topological polar surface area (TPSA) is 9.23 Å². The molecule has 1 aliphatic carbocycles. The van der Waals surface area contributed by atoms with Gasteiger partial charge in [-0.3, -0.25) is 0 Å². The van der Waals surface area contributed by atoms with E-state index < -0.39 is 0 Å². The zero-order valence-corrected chi connectivity index (χ0v) is 15.9. The Morgan fingerprint density at radius 2 is 1.64 bits per heavy atom. The first-order valence-corrected chi connectivity index (χ1v) is 10.1. The molecule has 0 amide bonds. The predicted molar refractivity (Wildman–Crippen MR) is 107 cm³/mol. The number of hydrogen-bond acceptors (Lipinski definition) is 1. The Balaban J connectivity index is 1.55. The largest absolute Gasteiger partial charge is 0.494 e. The second-order valence-electron chi connectivity index (χ2n) is 7.62. The van der Waals surface area contributed by atoms with Crippen LogP contribution in [0.2, 0.25) is 0 Å². The molecule has 0 radical (unpaired) electrons. The third-order valence-electron chi connectivity index (χ3n) is 5.39. The van der Waals surface area contributed by atoms with Crippen LogP contribution in [-0.4, -0.2) is 6.61 Å². The van der Waals surface area contributed by atoms with Crippen LogP contribution >= 0.6 is 0 Å². The Kier molecular flexibility index (Phi) is 6.55. The summed E-state index contributed by atoms with van der Waals surface area (Å²) in [7, 11) is 0. The van der Waals surface area contributed by atoms with Crippen molar-refractivity contribution >= 4 is 0 Å². The standard InChI is InChI=1S/C24H32O/c1-3-4-5-6-7-16-25-24-14-12-20(13-15-24)22-11-10-21-17-19(2)8-9-23(21)18-22/h10-15,18-19H,3-9,16-17H2,1-2H3. The first-order chi connectivity index (χ1) is 12.3. The van der Waals surface area contributed by atoms with E-state index in [2.05, 4.69) is 56.3 Å². The zero-order valence-electron chi connectivity index (χ0n) is 15.9. The third-order valence-corrected chi connectivity index (χ3v) is 5.39. The molecule has 3 rings (SSSR count). The number of benzene rings is 2. The van der Waals surface area contributed by atoms with Crippen LogP contribution in [0, 0.1) is 5.92 Å². The maximum absolute atomic E-state index is 5.88. The molecule has 0 aromatic heterocycles. The Morgan fingerprint density at radius 3 is 2.44 bits per heavy atom. The van der Waals surface area contributed by atoms with E-state index in [1.54, 1.807) is 11.1 Å². The van der Waals surface area contributed by atoms with Crippen molar-refractivity contribution in [2.45, 2.75) is 65.2 Å². The first-order valence-electron chi connectivity index (χ1n) is 10.1. The van der Waals surface area contributed by atoms with E-state index >= 15 is 0 Å². The summed E-state index contributed by atoms with van der Waals surface area (Å²) >= 11 is 0. The van der Waals surface area contributed by atoms with E-state index in [0.29, 0.717) is 0 Å². The van der Waals surface area contributed by atoms with Crippen LogP contribution in [0.15, 0.2) is 42.5 Å². The van der Waals surface area contributed by atoms with E-state index in [9.17, 15) is 0 Å². The quantitative estimate of drug-likeness (QED) is 0.480. The Morgan fingerprint density at radius 1 is 0.880 bits per heavy atom. The minimum atomic E-state index is 0.830. The number of ether oxygens (including phenoxy) is 1. The van der Waals surface area contributed by atoms with Crippen LogP contribution in [0.5, 0.6) is 5.75 Å². The third kappa shape index (κ3) is 5.11. The summed E-state index contributed by atoms with van der Waals surface area (Å²) < 4.78 is 5.88. The van der Waals surface area contributed by atoms with Crippen molar-refractivity contribution in [1.29, 1.82) is 0 Å². The molecule has 1 atom stereocenters. The van der Waals surface area contributed by atoms with E-state index in [1.807, 2.05) is 0 Å². The van der Waals surface area contributed by atoms with Gasteiger partial charge in [-0.1, -0.05) is 69.9 Å². The molecule has 1 heteroatoms. The van der Waals surface area contributed by atoms with Crippen LogP contribution in [0.4, 0.5) is 0 Å². The van der Waals surface area contributed by atoms with Gasteiger partial charge in [0.2, 0.25) is 0 Å². The number of hydrogen-bond donors (Lipinski definition) is 0. The van der Waals surface area contributed by atoms with Gasteiger partial charge in [0.15, 0.2) is 0 Å². The Labute approximate surface area is 153 Å². The van der Waals surface area contributed by atoms with Gasteiger partial charge in [-0.2, -0.15) is 0 Å². The lowest BCUT2D eigenvalue weighted by molar-refractivity contribution is 0.304. The molecule has 0 aliphatic heterocycles. The number of fused-ring (bicyclic) bond motifs is 1. The molecule has 1 nitrogen and oxygen atoms in total. The van der Waals surface area contributed by atoms with Gasteiger partial charge in [-0.25, -0.2) is 0 Å². The van der Waals surface area contributed by atoms with Crippen molar-refractivity contribution in [1.82, 2.24) is 0 Å². The Bertz CT molecular complexity index is 656. The second-order valence-corrected chi connectivity index (χ2v) is 7.62. The normalized spacial score (nSPS) is 16.5. The fraction of sp³-hybridized carbons (Fsp3) is 0.500. The summed E-state index contributed by atoms with van der Waals surface area (Å²) in [6, 6.07) is 15.6. The van der Waals surface area contributed by atoms with Gasteiger partial charge in [-0.15, -0.1) is 0 Å². The molecule has 0 fully saturated rings. The highest BCUT2D eigenvalue weighted by Gasteiger charge is 2.15. The lowest BCUT2D eigenvalue weighted by Crippen LogP contribution is -2.11. The van der Waals surface area contributed by atoms with Crippen LogP contribution < -0.4 is 4.74 Å². The zero-order chi connectivity index (χ0) is 17.5. The molecule has 0 bridgehead atoms. The van der Waals surface area contributed by atoms with Gasteiger partial charge in [-0.05, 0) is 66.0 Å². The minimum Gasteiger partial charge on any atom is -0.494 e. The summed E-state index contributed by atoms with van der Waals surface area (Å²) in [5.74, 6) is 1.82. The summed E-state index contributed by atoms with van der Waals surface area (Å²) in [5, 5.41) is 0. The molecule has 0 N–H and O–H groups in total. The molecule has 0 saturated heterocycles. The second kappa shape index (κ2) is 9.08. The number of aryl methyl sites for hydroxylation is 1. The van der Waals surface area contributed by atoms with Gasteiger partial charge in [0.25, 0.3) is 0 Å². The average Bonchev–Trinajstić information content (AvgIpc) is 2.64. The van der Waals surface area contributed by atoms with Gasteiger partial charge in [0.1, 0.15) is 5.75 Å². The summed E-state index contributed by atoms with van der Waals surface area (Å²) in [5.41, 5.74) is 5.71. The molecule has 2 aromatic carbocycles. The van der Waals surface area contributed by atoms with Crippen molar-refractivity contribution in [3.05, 3.63) is 53.6 Å². The smallest absolute Gasteiger partial charge is 0.119 e. The van der Waals surface area contributed by atoms with Crippen molar-refractivity contribution in [3.63, 3.8) is 0 Å². The van der Waals surface area contributed by atoms with Crippen LogP contribution in [0.25, 0.3) is 11.1 Å². The molecule has 0 heterocycles. The fourth-order valence-electron chi connectivity index (χ4n) is 3.76. The first kappa shape index (κ1) is 18.0. The molecular weight excluding hydrogens is 304 g/mol. The van der Waals surface area contributed by atoms with Gasteiger partial charge < -0.3 is 4.74 Å². The van der Waals surface area contributed by atoms with Gasteiger partial charge >= 0.3 is 0 Å². The predicted octanol–water partition coefficient (Wildman–Crippen LogP) is 6.83. The van der Waals surface area contributed by atoms with Crippen LogP contribution in [-0.2, 0) is 12.8 Å². The fourth-order valence-corrected chi connectivity index (χ4v) is 3.76. The maximum atomic E-state index is 5.88. The van der Waals surface area contributed by atoms with Crippen molar-refractivity contribution < 1.29 is 4.74 Å². The Hall–Kier alpha value is -1.76. The molecule has 0 spiro atoms. The highest BCUT2D eigenvalue weighted by atomic mass is 16.5. The van der Waals surface area contributed by atoms with Gasteiger partial charge in [0, 0.05) is 0 Å². The van der Waals surface area contributed by atoms with E-state index in [-0.39, 0.29) is 0 Å². The lowest BCUT2D eigenvalue weighted by atomic mass is 9.83. The average molecular weight is 337 g/mol. The monoisotopic (exact) mass is 336 g/mol. The van der Waals surface area contributed by atoms with Gasteiger partial charge in [0.05, 0.1) is 6.61 Å². The summed E-state index contributed by atoms with van der Waals surface area (Å²) in [6.07, 6.45) is 10.2. The molecule has 1 unspecified atom stereocenters. The van der Waals surface area contributed by atoms with Crippen LogP contribution in [0.1, 0.15) is 63.5 Å². The van der Waals surface area contributed by atoms with E-state index in [4.69, 9.17) is 4.74 Å². The summed E-state index contributed by atoms with van der Waals surface area (Å²) in [4.78, 5) is 0. The van der Waals surface area contributed by atoms with E-state index in [1.165, 1.54) is 56.1 Å². The van der Waals surface area contributed by atoms with Crippen LogP contribution in [0.3, 0.4) is 0 Å². The number of unbranched alkanes of at least 4 members (excludes halogenated alkanes) is 4. The highest BCUT2D eigenvalue weighted by Crippen LogP contribution is 2.30. The minimum absolute atomic E-state index is 0.830. The molecule has 134 valence electrons. The lowest BCUT2D eigenvalue weighted by Gasteiger charge is -2.22. The van der Waals surface area contributed by atoms with E-state index in [0.717, 1.165) is 24.7 Å². The molecule has 2 aromatic rings. The van der Waals surface area contributed by atoms with Crippen molar-refractivity contribution in [3.8, 4) is 16.9 Å². The SMILES string of the molecule is CCCCCCCOc1ccc(-c2ccc3c(c2)CCC(C)C3)cc1. The molecular formula is C24H32O. The number of rotatable bonds is 8. The molecule has 1 aliphatic rings. The molecule has 25 heavy (non-hydrogen) atoms. The summed E-state index contributed by atoms with van der Waals surface area (Å²) in [6.45, 7) is 5.45.